The Morgan fingerprint density at radius 2 is 1.96 bits per heavy atom. The molecule has 0 radical (unpaired) electrons. The van der Waals surface area contributed by atoms with Gasteiger partial charge >= 0.3 is 5.97 Å². The number of benzene rings is 1. The normalized spacial score (nSPS) is 34.3. The number of Topliss-reactive ketones (excluding diaryl/α,β-unsaturated/α-hetero) is 1. The van der Waals surface area contributed by atoms with Crippen LogP contribution in [-0.4, -0.2) is 16.9 Å². The van der Waals surface area contributed by atoms with E-state index in [2.05, 4.69) is 33.8 Å². The third-order valence-corrected chi connectivity index (χ3v) is 8.70. The molecule has 2 saturated carbocycles. The number of carboxylic acid groups (broad SMARTS) is 1. The summed E-state index contributed by atoms with van der Waals surface area (Å²) < 4.78 is 0. The number of hydrogen-bond donors (Lipinski definition) is 1. The molecule has 2 fully saturated rings. The molecule has 1 N–H and O–H groups in total. The smallest absolute Gasteiger partial charge is 0.335 e. The SMILES string of the molecule is CCC(C)(C)C(=O)[C@H]1Cc2cc(C(=O)O)ccc2[C@H]2CC[C@]3(C)CCC[C@H]3[C@H]12. The fraction of sp³-hybridized carbons (Fsp3) is 0.680. The Morgan fingerprint density at radius 1 is 1.21 bits per heavy atom. The van der Waals surface area contributed by atoms with Gasteiger partial charge in [-0.15, -0.1) is 0 Å². The molecule has 5 atom stereocenters. The first-order valence-electron chi connectivity index (χ1n) is 11.1. The van der Waals surface area contributed by atoms with Crippen LogP contribution in [0.5, 0.6) is 0 Å². The van der Waals surface area contributed by atoms with Crippen molar-refractivity contribution in [1.29, 1.82) is 0 Å². The zero-order valence-corrected chi connectivity index (χ0v) is 17.8. The second kappa shape index (κ2) is 6.71. The van der Waals surface area contributed by atoms with Crippen molar-refractivity contribution in [3.63, 3.8) is 0 Å². The van der Waals surface area contributed by atoms with Gasteiger partial charge in [-0.1, -0.05) is 40.2 Å². The minimum atomic E-state index is -0.881. The van der Waals surface area contributed by atoms with Gasteiger partial charge in [-0.3, -0.25) is 4.79 Å². The first kappa shape index (κ1) is 19.7. The maximum Gasteiger partial charge on any atom is 0.335 e. The number of carboxylic acids is 1. The summed E-state index contributed by atoms with van der Waals surface area (Å²) in [5.74, 6) is 0.993. The van der Waals surface area contributed by atoms with E-state index in [1.165, 1.54) is 31.2 Å². The molecule has 152 valence electrons. The Balaban J connectivity index is 1.81. The minimum Gasteiger partial charge on any atom is -0.478 e. The number of aromatic carboxylic acids is 1. The number of carbonyl (C=O) groups is 2. The minimum absolute atomic E-state index is 0.0271. The fourth-order valence-electron chi connectivity index (χ4n) is 6.70. The van der Waals surface area contributed by atoms with Crippen LogP contribution >= 0.6 is 0 Å². The Labute approximate surface area is 168 Å². The Morgan fingerprint density at radius 3 is 2.64 bits per heavy atom. The van der Waals surface area contributed by atoms with Crippen LogP contribution in [0.25, 0.3) is 0 Å². The van der Waals surface area contributed by atoms with Crippen LogP contribution in [0.3, 0.4) is 0 Å². The van der Waals surface area contributed by atoms with Crippen LogP contribution in [0.1, 0.15) is 93.6 Å². The van der Waals surface area contributed by atoms with E-state index in [-0.39, 0.29) is 11.3 Å². The van der Waals surface area contributed by atoms with Gasteiger partial charge in [0.1, 0.15) is 5.78 Å². The molecule has 0 bridgehead atoms. The van der Waals surface area contributed by atoms with Gasteiger partial charge in [0.2, 0.25) is 0 Å². The van der Waals surface area contributed by atoms with E-state index in [1.807, 2.05) is 6.07 Å². The third-order valence-electron chi connectivity index (χ3n) is 8.70. The summed E-state index contributed by atoms with van der Waals surface area (Å²) in [4.78, 5) is 25.2. The Kier molecular flexibility index (Phi) is 4.71. The number of carbonyl (C=O) groups excluding carboxylic acids is 1. The molecule has 0 heterocycles. The Hall–Kier alpha value is -1.64. The average molecular weight is 383 g/mol. The van der Waals surface area contributed by atoms with Crippen LogP contribution in [0.2, 0.25) is 0 Å². The summed E-state index contributed by atoms with van der Waals surface area (Å²) in [6, 6.07) is 5.66. The van der Waals surface area contributed by atoms with E-state index in [9.17, 15) is 14.7 Å². The van der Waals surface area contributed by atoms with Crippen LogP contribution in [0.4, 0.5) is 0 Å². The molecule has 0 unspecified atom stereocenters. The molecule has 0 aliphatic heterocycles. The molecule has 3 aliphatic carbocycles. The largest absolute Gasteiger partial charge is 0.478 e. The average Bonchev–Trinajstić information content (AvgIpc) is 3.07. The number of rotatable bonds is 4. The molecule has 28 heavy (non-hydrogen) atoms. The summed E-state index contributed by atoms with van der Waals surface area (Å²) in [7, 11) is 0. The maximum absolute atomic E-state index is 13.7. The van der Waals surface area contributed by atoms with Crippen LogP contribution in [0, 0.1) is 28.6 Å². The molecule has 1 aromatic rings. The second-order valence-electron chi connectivity index (χ2n) is 10.5. The van der Waals surface area contributed by atoms with Gasteiger partial charge in [-0.25, -0.2) is 4.79 Å². The molecule has 4 rings (SSSR count). The van der Waals surface area contributed by atoms with Crippen molar-refractivity contribution in [3.05, 3.63) is 34.9 Å². The van der Waals surface area contributed by atoms with E-state index in [1.54, 1.807) is 6.07 Å². The molecule has 1 aromatic carbocycles. The first-order valence-corrected chi connectivity index (χ1v) is 11.1. The second-order valence-corrected chi connectivity index (χ2v) is 10.5. The van der Waals surface area contributed by atoms with E-state index < -0.39 is 5.97 Å². The highest BCUT2D eigenvalue weighted by atomic mass is 16.4. The molecule has 0 amide bonds. The summed E-state index contributed by atoms with van der Waals surface area (Å²) in [6.07, 6.45) is 7.76. The van der Waals surface area contributed by atoms with E-state index in [0.717, 1.165) is 18.4 Å². The highest BCUT2D eigenvalue weighted by Gasteiger charge is 2.55. The van der Waals surface area contributed by atoms with Crippen molar-refractivity contribution >= 4 is 11.8 Å². The van der Waals surface area contributed by atoms with Crippen molar-refractivity contribution in [2.45, 2.75) is 78.6 Å². The topological polar surface area (TPSA) is 54.4 Å². The Bertz CT molecular complexity index is 808. The standard InChI is InChI=1S/C25H34O3/c1-5-24(2,3)22(26)19-14-16-13-15(23(27)28)8-9-17(16)18-10-12-25(4)11-6-7-20(25)21(18)19/h8-9,13,18-21H,5-7,10-12,14H2,1-4H3,(H,27,28)/t18-,19+,20+,21+,25+/m1/s1. The molecular formula is C25H34O3. The first-order chi connectivity index (χ1) is 13.2. The van der Waals surface area contributed by atoms with Crippen molar-refractivity contribution in [1.82, 2.24) is 0 Å². The lowest BCUT2D eigenvalue weighted by Gasteiger charge is -2.53. The van der Waals surface area contributed by atoms with Gasteiger partial charge < -0.3 is 5.11 Å². The molecule has 3 aliphatic rings. The summed E-state index contributed by atoms with van der Waals surface area (Å²) in [5, 5.41) is 9.45. The third kappa shape index (κ3) is 2.93. The van der Waals surface area contributed by atoms with Crippen LogP contribution in [-0.2, 0) is 11.2 Å². The number of hydrogen-bond acceptors (Lipinski definition) is 2. The van der Waals surface area contributed by atoms with Crippen molar-refractivity contribution in [2.75, 3.05) is 0 Å². The summed E-state index contributed by atoms with van der Waals surface area (Å²) in [5.41, 5.74) is 2.84. The van der Waals surface area contributed by atoms with Crippen LogP contribution < -0.4 is 0 Å². The van der Waals surface area contributed by atoms with E-state index >= 15 is 0 Å². The van der Waals surface area contributed by atoms with Gasteiger partial charge in [0.05, 0.1) is 5.56 Å². The molecular weight excluding hydrogens is 348 g/mol. The maximum atomic E-state index is 13.7. The molecule has 0 aromatic heterocycles. The van der Waals surface area contributed by atoms with E-state index in [4.69, 9.17) is 0 Å². The quantitative estimate of drug-likeness (QED) is 0.709. The van der Waals surface area contributed by atoms with Gasteiger partial charge in [0.25, 0.3) is 0 Å². The fourth-order valence-corrected chi connectivity index (χ4v) is 6.70. The summed E-state index contributed by atoms with van der Waals surface area (Å²) in [6.45, 7) is 8.74. The van der Waals surface area contributed by atoms with Crippen molar-refractivity contribution in [3.8, 4) is 0 Å². The number of ketones is 1. The molecule has 0 saturated heterocycles. The summed E-state index contributed by atoms with van der Waals surface area (Å²) >= 11 is 0. The van der Waals surface area contributed by atoms with E-state index in [0.29, 0.717) is 40.9 Å². The lowest BCUT2D eigenvalue weighted by atomic mass is 9.51. The molecule has 0 spiro atoms. The van der Waals surface area contributed by atoms with Gasteiger partial charge in [-0.05, 0) is 85.0 Å². The van der Waals surface area contributed by atoms with Gasteiger partial charge in [0.15, 0.2) is 0 Å². The molecule has 3 heteroatoms. The van der Waals surface area contributed by atoms with Gasteiger partial charge in [0, 0.05) is 11.3 Å². The highest BCUT2D eigenvalue weighted by molar-refractivity contribution is 5.89. The predicted molar refractivity (Wildman–Crippen MR) is 111 cm³/mol. The monoisotopic (exact) mass is 382 g/mol. The van der Waals surface area contributed by atoms with Crippen molar-refractivity contribution < 1.29 is 14.7 Å². The zero-order valence-electron chi connectivity index (χ0n) is 17.8. The van der Waals surface area contributed by atoms with Gasteiger partial charge in [-0.2, -0.15) is 0 Å². The lowest BCUT2D eigenvalue weighted by Crippen LogP contribution is -2.48. The lowest BCUT2D eigenvalue weighted by molar-refractivity contribution is -0.136. The predicted octanol–water partition coefficient (Wildman–Crippen LogP) is 5.86. The molecule has 3 nitrogen and oxygen atoms in total. The number of fused-ring (bicyclic) bond motifs is 5. The van der Waals surface area contributed by atoms with Crippen LogP contribution in [0.15, 0.2) is 18.2 Å². The zero-order chi connectivity index (χ0) is 20.3. The highest BCUT2D eigenvalue weighted by Crippen LogP contribution is 2.62. The van der Waals surface area contributed by atoms with Crippen molar-refractivity contribution in [2.24, 2.45) is 28.6 Å².